The molecule has 0 saturated carbocycles. The second-order valence-electron chi connectivity index (χ2n) is 11.6. The Morgan fingerprint density at radius 2 is 0.935 bits per heavy atom. The Kier molecular flexibility index (Phi) is 7.84. The first-order valence-electron chi connectivity index (χ1n) is 14.2. The number of aliphatic hydroxyl groups is 2. The molecule has 2 heterocycles. The van der Waals surface area contributed by atoms with E-state index in [9.17, 15) is 19.8 Å². The van der Waals surface area contributed by atoms with Gasteiger partial charge >= 0.3 is 12.3 Å². The van der Waals surface area contributed by atoms with Crippen LogP contribution in [0.15, 0.2) is 122 Å². The zero-order chi connectivity index (χ0) is 33.7. The number of cyclic esters (lactones) is 4. The maximum atomic E-state index is 11.6. The number of carbonyl (C=O) groups excluding carboxylic acids is 2. The Hall–Kier alpha value is -5.32. The molecule has 2 N–H and O–H groups in total. The van der Waals surface area contributed by atoms with Crippen molar-refractivity contribution in [2.24, 2.45) is 0 Å². The third kappa shape index (κ3) is 5.64. The second kappa shape index (κ2) is 11.2. The summed E-state index contributed by atoms with van der Waals surface area (Å²) in [6.07, 6.45) is -1.65. The summed E-state index contributed by atoms with van der Waals surface area (Å²) >= 11 is 0. The fourth-order valence-electron chi connectivity index (χ4n) is 4.93. The van der Waals surface area contributed by atoms with E-state index in [-0.39, 0.29) is 23.0 Å². The van der Waals surface area contributed by atoms with E-state index in [1.807, 2.05) is 0 Å². The number of rotatable bonds is 10. The summed E-state index contributed by atoms with van der Waals surface area (Å²) in [4.78, 5) is 23.1. The summed E-state index contributed by atoms with van der Waals surface area (Å²) in [6, 6.07) is 20.0. The van der Waals surface area contributed by atoms with Gasteiger partial charge in [-0.3, -0.25) is 0 Å². The molecule has 46 heavy (non-hydrogen) atoms. The van der Waals surface area contributed by atoms with Crippen LogP contribution in [0.3, 0.4) is 0 Å². The first-order valence-corrected chi connectivity index (χ1v) is 14.2. The molecule has 0 aromatic heterocycles. The molecule has 4 atom stereocenters. The quantitative estimate of drug-likeness (QED) is 0.178. The van der Waals surface area contributed by atoms with Crippen LogP contribution in [0, 0.1) is 0 Å². The van der Waals surface area contributed by atoms with E-state index in [1.54, 1.807) is 100 Å². The highest BCUT2D eigenvalue weighted by atomic mass is 16.8. The van der Waals surface area contributed by atoms with Crippen LogP contribution in [0.4, 0.5) is 9.59 Å². The highest BCUT2D eigenvalue weighted by Crippen LogP contribution is 2.41. The van der Waals surface area contributed by atoms with Gasteiger partial charge in [-0.1, -0.05) is 74.8 Å². The van der Waals surface area contributed by atoms with E-state index in [0.717, 1.165) is 0 Å². The van der Waals surface area contributed by atoms with Crippen molar-refractivity contribution in [2.45, 2.75) is 50.1 Å². The normalized spacial score (nSPS) is 23.3. The van der Waals surface area contributed by atoms with Crippen LogP contribution in [0.1, 0.15) is 49.9 Å². The topological polar surface area (TPSA) is 130 Å². The highest BCUT2D eigenvalue weighted by molar-refractivity contribution is 5.67. The van der Waals surface area contributed by atoms with Gasteiger partial charge in [-0.05, 0) is 63.1 Å². The van der Waals surface area contributed by atoms with Crippen molar-refractivity contribution < 1.29 is 48.2 Å². The molecule has 0 radical (unpaired) electrons. The molecule has 10 nitrogen and oxygen atoms in total. The largest absolute Gasteiger partial charge is 0.515 e. The lowest BCUT2D eigenvalue weighted by Crippen LogP contribution is -2.28. The maximum Gasteiger partial charge on any atom is 0.515 e. The van der Waals surface area contributed by atoms with Crippen molar-refractivity contribution in [2.75, 3.05) is 0 Å². The lowest BCUT2D eigenvalue weighted by molar-refractivity contribution is 0.0562. The monoisotopic (exact) mass is 626 g/mol. The average Bonchev–Trinajstić information content (AvgIpc) is 3.44. The van der Waals surface area contributed by atoms with Crippen LogP contribution in [0.2, 0.25) is 0 Å². The molecule has 5 rings (SSSR count). The zero-order valence-electron chi connectivity index (χ0n) is 25.9. The van der Waals surface area contributed by atoms with Gasteiger partial charge in [0, 0.05) is 11.1 Å². The lowest BCUT2D eigenvalue weighted by Gasteiger charge is -2.28. The zero-order valence-corrected chi connectivity index (χ0v) is 25.9. The van der Waals surface area contributed by atoms with Gasteiger partial charge < -0.3 is 38.6 Å². The molecule has 0 spiro atoms. The highest BCUT2D eigenvalue weighted by Gasteiger charge is 2.45. The number of hydrogen-bond donors (Lipinski definition) is 2. The molecular formula is C36H34O10. The van der Waals surface area contributed by atoms with Crippen LogP contribution in [-0.2, 0) is 41.4 Å². The molecule has 3 aromatic rings. The van der Waals surface area contributed by atoms with Gasteiger partial charge in [0.05, 0.1) is 0 Å². The van der Waals surface area contributed by atoms with Crippen molar-refractivity contribution in [3.05, 3.63) is 144 Å². The van der Waals surface area contributed by atoms with E-state index < -0.39 is 34.7 Å². The maximum absolute atomic E-state index is 11.6. The Morgan fingerprint density at radius 3 is 1.20 bits per heavy atom. The third-order valence-corrected chi connectivity index (χ3v) is 8.44. The molecule has 4 unspecified atom stereocenters. The van der Waals surface area contributed by atoms with E-state index in [2.05, 4.69) is 26.3 Å². The summed E-state index contributed by atoms with van der Waals surface area (Å²) in [7, 11) is 0. The second-order valence-corrected chi connectivity index (χ2v) is 11.6. The van der Waals surface area contributed by atoms with Crippen molar-refractivity contribution in [3.8, 4) is 11.5 Å². The van der Waals surface area contributed by atoms with E-state index in [4.69, 9.17) is 28.4 Å². The first kappa shape index (κ1) is 32.1. The minimum absolute atomic E-state index is 0.0623. The summed E-state index contributed by atoms with van der Waals surface area (Å²) < 4.78 is 32.2. The van der Waals surface area contributed by atoms with Crippen molar-refractivity contribution in [1.29, 1.82) is 0 Å². The fourth-order valence-corrected chi connectivity index (χ4v) is 4.93. The van der Waals surface area contributed by atoms with Gasteiger partial charge in [0.25, 0.3) is 0 Å². The summed E-state index contributed by atoms with van der Waals surface area (Å²) in [5.41, 5.74) is -3.21. The molecule has 0 amide bonds. The molecule has 3 aromatic carbocycles. The van der Waals surface area contributed by atoms with E-state index in [0.29, 0.717) is 33.8 Å². The molecule has 0 bridgehead atoms. The van der Waals surface area contributed by atoms with E-state index in [1.165, 1.54) is 0 Å². The van der Waals surface area contributed by atoms with Crippen LogP contribution in [0.25, 0.3) is 0 Å². The summed E-state index contributed by atoms with van der Waals surface area (Å²) in [5, 5.41) is 22.5. The fraction of sp³-hybridized carbons (Fsp3) is 0.222. The van der Waals surface area contributed by atoms with Crippen molar-refractivity contribution >= 4 is 12.3 Å². The van der Waals surface area contributed by atoms with Crippen molar-refractivity contribution in [3.63, 3.8) is 0 Å². The minimum Gasteiger partial charge on any atom is -0.459 e. The van der Waals surface area contributed by atoms with Crippen LogP contribution < -0.4 is 9.47 Å². The number of benzene rings is 3. The SMILES string of the molecule is C=C(Oc1ccc(OC(=C)C(C)(O)c2ccc(C3(C)OC(=O)OC3=C)cc2)cc1)C(C)(O)c1ccc(C2(C)OC(=O)OC2=C)cc1. The van der Waals surface area contributed by atoms with Gasteiger partial charge in [-0.15, -0.1) is 0 Å². The predicted octanol–water partition coefficient (Wildman–Crippen LogP) is 7.08. The first-order chi connectivity index (χ1) is 21.5. The molecule has 2 saturated heterocycles. The Balaban J connectivity index is 1.21. The van der Waals surface area contributed by atoms with Gasteiger partial charge in [0.2, 0.25) is 0 Å². The van der Waals surface area contributed by atoms with Gasteiger partial charge in [-0.2, -0.15) is 0 Å². The molecule has 238 valence electrons. The van der Waals surface area contributed by atoms with Crippen LogP contribution in [0.5, 0.6) is 11.5 Å². The Morgan fingerprint density at radius 1 is 0.630 bits per heavy atom. The average molecular weight is 627 g/mol. The van der Waals surface area contributed by atoms with Gasteiger partial charge in [0.1, 0.15) is 34.2 Å². The van der Waals surface area contributed by atoms with Gasteiger partial charge in [-0.25, -0.2) is 9.59 Å². The number of hydrogen-bond acceptors (Lipinski definition) is 10. The molecular weight excluding hydrogens is 592 g/mol. The predicted molar refractivity (Wildman–Crippen MR) is 166 cm³/mol. The molecule has 2 aliphatic rings. The van der Waals surface area contributed by atoms with Gasteiger partial charge in [0.15, 0.2) is 22.7 Å². The van der Waals surface area contributed by atoms with Crippen LogP contribution in [-0.4, -0.2) is 22.5 Å². The van der Waals surface area contributed by atoms with Crippen molar-refractivity contribution in [1.82, 2.24) is 0 Å². The third-order valence-electron chi connectivity index (χ3n) is 8.44. The molecule has 10 heteroatoms. The number of carbonyl (C=O) groups is 2. The standard InChI is InChI=1S/C36H34O10/c1-21(33(5,39)25-9-13-27(14-10-25)35(7)23(3)43-31(37)45-35)41-29-17-19-30(20-18-29)42-22(2)34(6,40)26-11-15-28(16-12-26)36(8)24(4)44-32(38)46-36/h9-20,39-40H,1-4H2,5-8H3. The molecule has 2 fully saturated rings. The Labute approximate surface area is 266 Å². The minimum atomic E-state index is -1.58. The summed E-state index contributed by atoms with van der Waals surface area (Å²) in [5.74, 6) is 1.23. The van der Waals surface area contributed by atoms with Crippen LogP contribution >= 0.6 is 0 Å². The number of ether oxygens (including phenoxy) is 6. The smallest absolute Gasteiger partial charge is 0.459 e. The summed E-state index contributed by atoms with van der Waals surface area (Å²) in [6.45, 7) is 21.8. The molecule has 0 aliphatic carbocycles. The molecule has 2 aliphatic heterocycles. The van der Waals surface area contributed by atoms with E-state index >= 15 is 0 Å². The Bertz CT molecular complexity index is 1620. The lowest BCUT2D eigenvalue weighted by atomic mass is 9.89.